The van der Waals surface area contributed by atoms with E-state index in [1.807, 2.05) is 13.0 Å². The normalized spacial score (nSPS) is 20.3. The Bertz CT molecular complexity index is 809. The van der Waals surface area contributed by atoms with E-state index < -0.39 is 0 Å². The number of ether oxygens (including phenoxy) is 1. The van der Waals surface area contributed by atoms with Gasteiger partial charge >= 0.3 is 0 Å². The Balaban J connectivity index is 1.66. The van der Waals surface area contributed by atoms with Crippen LogP contribution in [0.1, 0.15) is 29.5 Å². The minimum absolute atomic E-state index is 0.0775. The lowest BCUT2D eigenvalue weighted by atomic mass is 9.71. The van der Waals surface area contributed by atoms with Crippen molar-refractivity contribution in [1.82, 2.24) is 0 Å². The predicted molar refractivity (Wildman–Crippen MR) is 104 cm³/mol. The average Bonchev–Trinajstić information content (AvgIpc) is 2.63. The van der Waals surface area contributed by atoms with Crippen LogP contribution < -0.4 is 5.32 Å². The van der Waals surface area contributed by atoms with Gasteiger partial charge in [-0.25, -0.2) is 0 Å². The fourth-order valence-corrected chi connectivity index (χ4v) is 3.98. The Hall–Kier alpha value is -1.84. The maximum Gasteiger partial charge on any atom is 0.108 e. The van der Waals surface area contributed by atoms with Gasteiger partial charge in [-0.2, -0.15) is 0 Å². The van der Waals surface area contributed by atoms with E-state index in [-0.39, 0.29) is 5.41 Å². The van der Waals surface area contributed by atoms with Crippen LogP contribution in [-0.2, 0) is 17.7 Å². The summed E-state index contributed by atoms with van der Waals surface area (Å²) in [7, 11) is 0. The first-order chi connectivity index (χ1) is 12.2. The molecule has 4 heteroatoms. The van der Waals surface area contributed by atoms with Crippen molar-refractivity contribution in [3.05, 3.63) is 64.2 Å². The second-order valence-electron chi connectivity index (χ2n) is 7.10. The molecule has 0 aromatic heterocycles. The highest BCUT2D eigenvalue weighted by molar-refractivity contribution is 6.31. The number of aryl methyl sites for hydroxylation is 1. The molecule has 0 saturated carbocycles. The molecule has 2 heterocycles. The molecule has 2 aromatic rings. The molecule has 2 aromatic carbocycles. The number of hydrogen-bond donors (Lipinski definition) is 1. The van der Waals surface area contributed by atoms with E-state index in [0.29, 0.717) is 6.54 Å². The van der Waals surface area contributed by atoms with Crippen molar-refractivity contribution in [2.24, 2.45) is 10.4 Å². The van der Waals surface area contributed by atoms with Crippen molar-refractivity contribution in [3.63, 3.8) is 0 Å². The molecule has 3 nitrogen and oxygen atoms in total. The summed E-state index contributed by atoms with van der Waals surface area (Å²) in [6, 6.07) is 14.7. The first-order valence-electron chi connectivity index (χ1n) is 8.89. The molecular weight excluding hydrogens is 332 g/mol. The number of hydrogen-bond acceptors (Lipinski definition) is 2. The zero-order chi connectivity index (χ0) is 17.3. The standard InChI is InChI=1S/C21H23ClN2O/c1-15-12-16(6-7-18(15)22)14-23-20-21(8-10-25-11-9-21)13-17-4-2-3-5-19(17)24-20/h2-7,12H,8-11,13-14H2,1H3,(H,23,24). The molecule has 1 fully saturated rings. The summed E-state index contributed by atoms with van der Waals surface area (Å²) < 4.78 is 5.63. The molecule has 130 valence electrons. The second-order valence-corrected chi connectivity index (χ2v) is 7.51. The molecule has 0 radical (unpaired) electrons. The summed E-state index contributed by atoms with van der Waals surface area (Å²) in [5.41, 5.74) is 4.93. The molecule has 1 N–H and O–H groups in total. The molecule has 1 saturated heterocycles. The molecule has 4 rings (SSSR count). The van der Waals surface area contributed by atoms with Gasteiger partial charge in [0.15, 0.2) is 0 Å². The van der Waals surface area contributed by atoms with Crippen LogP contribution in [0.4, 0.5) is 5.69 Å². The van der Waals surface area contributed by atoms with Crippen LogP contribution in [0.2, 0.25) is 5.02 Å². The monoisotopic (exact) mass is 354 g/mol. The maximum atomic E-state index is 6.14. The van der Waals surface area contributed by atoms with Gasteiger partial charge in [-0.1, -0.05) is 41.9 Å². The number of fused-ring (bicyclic) bond motifs is 1. The minimum Gasteiger partial charge on any atom is -0.381 e. The molecule has 0 unspecified atom stereocenters. The van der Waals surface area contributed by atoms with E-state index in [2.05, 4.69) is 41.7 Å². The van der Waals surface area contributed by atoms with E-state index >= 15 is 0 Å². The SMILES string of the molecule is Cc1cc(CN=C2Nc3ccccc3CC23CCOCC3)ccc1Cl. The van der Waals surface area contributed by atoms with E-state index in [1.165, 1.54) is 16.8 Å². The Labute approximate surface area is 154 Å². The summed E-state index contributed by atoms with van der Waals surface area (Å²) in [4.78, 5) is 5.01. The van der Waals surface area contributed by atoms with Crippen LogP contribution in [0.3, 0.4) is 0 Å². The van der Waals surface area contributed by atoms with Crippen molar-refractivity contribution in [2.45, 2.75) is 32.7 Å². The van der Waals surface area contributed by atoms with E-state index in [9.17, 15) is 0 Å². The first kappa shape index (κ1) is 16.6. The van der Waals surface area contributed by atoms with Crippen molar-refractivity contribution < 1.29 is 4.74 Å². The highest BCUT2D eigenvalue weighted by Gasteiger charge is 2.41. The van der Waals surface area contributed by atoms with Gasteiger partial charge in [-0.05, 0) is 55.0 Å². The third kappa shape index (κ3) is 3.31. The van der Waals surface area contributed by atoms with Crippen LogP contribution in [0.25, 0.3) is 0 Å². The Morgan fingerprint density at radius 2 is 1.96 bits per heavy atom. The lowest BCUT2D eigenvalue weighted by molar-refractivity contribution is 0.0448. The molecular formula is C21H23ClN2O. The van der Waals surface area contributed by atoms with Crippen molar-refractivity contribution >= 4 is 23.1 Å². The van der Waals surface area contributed by atoms with Gasteiger partial charge in [0.2, 0.25) is 0 Å². The minimum atomic E-state index is 0.0775. The Morgan fingerprint density at radius 3 is 2.76 bits per heavy atom. The highest BCUT2D eigenvalue weighted by atomic mass is 35.5. The van der Waals surface area contributed by atoms with Crippen LogP contribution >= 0.6 is 11.6 Å². The van der Waals surface area contributed by atoms with Gasteiger partial charge in [-0.3, -0.25) is 4.99 Å². The first-order valence-corrected chi connectivity index (χ1v) is 9.27. The molecule has 1 spiro atoms. The highest BCUT2D eigenvalue weighted by Crippen LogP contribution is 2.41. The number of para-hydroxylation sites is 1. The number of aliphatic imine (C=N–C) groups is 1. The number of nitrogens with one attached hydrogen (secondary N) is 1. The summed E-state index contributed by atoms with van der Waals surface area (Å²) in [5, 5.41) is 4.43. The van der Waals surface area contributed by atoms with Gasteiger partial charge < -0.3 is 10.1 Å². The summed E-state index contributed by atoms with van der Waals surface area (Å²) in [6.45, 7) is 4.32. The maximum absolute atomic E-state index is 6.14. The second kappa shape index (κ2) is 6.81. The third-order valence-electron chi connectivity index (χ3n) is 5.39. The lowest BCUT2D eigenvalue weighted by Crippen LogP contribution is -2.45. The summed E-state index contributed by atoms with van der Waals surface area (Å²) in [5.74, 6) is 1.11. The summed E-state index contributed by atoms with van der Waals surface area (Å²) in [6.07, 6.45) is 3.08. The molecule has 2 aliphatic rings. The number of benzene rings is 2. The smallest absolute Gasteiger partial charge is 0.108 e. The van der Waals surface area contributed by atoms with Gasteiger partial charge in [0.1, 0.15) is 5.84 Å². The van der Waals surface area contributed by atoms with Crippen molar-refractivity contribution in [1.29, 1.82) is 0 Å². The van der Waals surface area contributed by atoms with E-state index in [4.69, 9.17) is 21.3 Å². The Morgan fingerprint density at radius 1 is 1.16 bits per heavy atom. The molecule has 2 aliphatic heterocycles. The number of amidine groups is 1. The zero-order valence-corrected chi connectivity index (χ0v) is 15.3. The van der Waals surface area contributed by atoms with Crippen molar-refractivity contribution in [2.75, 3.05) is 18.5 Å². The number of rotatable bonds is 2. The largest absolute Gasteiger partial charge is 0.381 e. The Kier molecular flexibility index (Phi) is 4.53. The zero-order valence-electron chi connectivity index (χ0n) is 14.5. The number of nitrogens with zero attached hydrogens (tertiary/aromatic N) is 1. The van der Waals surface area contributed by atoms with E-state index in [0.717, 1.165) is 48.9 Å². The number of halogens is 1. The van der Waals surface area contributed by atoms with Gasteiger partial charge in [0.05, 0.1) is 6.54 Å². The van der Waals surface area contributed by atoms with Gasteiger partial charge in [0.25, 0.3) is 0 Å². The van der Waals surface area contributed by atoms with Crippen LogP contribution in [0.15, 0.2) is 47.5 Å². The fourth-order valence-electron chi connectivity index (χ4n) is 3.86. The lowest BCUT2D eigenvalue weighted by Gasteiger charge is -2.42. The molecule has 0 bridgehead atoms. The van der Waals surface area contributed by atoms with Gasteiger partial charge in [0, 0.05) is 29.3 Å². The quantitative estimate of drug-likeness (QED) is 0.822. The topological polar surface area (TPSA) is 33.6 Å². The van der Waals surface area contributed by atoms with Crippen LogP contribution in [0.5, 0.6) is 0 Å². The fraction of sp³-hybridized carbons (Fsp3) is 0.381. The molecule has 25 heavy (non-hydrogen) atoms. The van der Waals surface area contributed by atoms with Crippen molar-refractivity contribution in [3.8, 4) is 0 Å². The van der Waals surface area contributed by atoms with Gasteiger partial charge in [-0.15, -0.1) is 0 Å². The third-order valence-corrected chi connectivity index (χ3v) is 5.82. The predicted octanol–water partition coefficient (Wildman–Crippen LogP) is 5.01. The van der Waals surface area contributed by atoms with Crippen LogP contribution in [0, 0.1) is 12.3 Å². The summed E-state index contributed by atoms with van der Waals surface area (Å²) >= 11 is 6.14. The molecule has 0 aliphatic carbocycles. The number of anilines is 1. The molecule has 0 amide bonds. The van der Waals surface area contributed by atoms with Crippen LogP contribution in [-0.4, -0.2) is 19.0 Å². The average molecular weight is 355 g/mol. The molecule has 0 atom stereocenters. The van der Waals surface area contributed by atoms with E-state index in [1.54, 1.807) is 0 Å².